The lowest BCUT2D eigenvalue weighted by Crippen LogP contribution is -2.28. The molecule has 0 heterocycles. The van der Waals surface area contributed by atoms with Crippen molar-refractivity contribution in [3.05, 3.63) is 34.9 Å². The highest BCUT2D eigenvalue weighted by molar-refractivity contribution is 5.34. The first kappa shape index (κ1) is 15.1. The fraction of sp³-hybridized carbons (Fsp3) is 0.700. The van der Waals surface area contributed by atoms with Crippen molar-refractivity contribution in [2.45, 2.75) is 65.3 Å². The minimum Gasteiger partial charge on any atom is -0.310 e. The minimum atomic E-state index is 0.592. The maximum atomic E-state index is 3.86. The Bertz CT molecular complexity index is 469. The molecule has 3 atom stereocenters. The van der Waals surface area contributed by atoms with Crippen LogP contribution in [0.4, 0.5) is 0 Å². The Hall–Kier alpha value is -0.820. The predicted octanol–water partition coefficient (Wildman–Crippen LogP) is 4.90. The van der Waals surface area contributed by atoms with Crippen molar-refractivity contribution in [1.29, 1.82) is 0 Å². The average molecular weight is 285 g/mol. The Morgan fingerprint density at radius 3 is 2.33 bits per heavy atom. The molecule has 3 unspecified atom stereocenters. The van der Waals surface area contributed by atoms with Crippen LogP contribution in [0.15, 0.2) is 18.2 Å². The van der Waals surface area contributed by atoms with Gasteiger partial charge in [0.1, 0.15) is 0 Å². The van der Waals surface area contributed by atoms with Gasteiger partial charge < -0.3 is 5.32 Å². The molecule has 116 valence electrons. The first-order valence-corrected chi connectivity index (χ1v) is 9.11. The molecule has 21 heavy (non-hydrogen) atoms. The van der Waals surface area contributed by atoms with E-state index in [4.69, 9.17) is 0 Å². The predicted molar refractivity (Wildman–Crippen MR) is 90.6 cm³/mol. The summed E-state index contributed by atoms with van der Waals surface area (Å²) < 4.78 is 0. The molecule has 1 nitrogen and oxygen atoms in total. The summed E-state index contributed by atoms with van der Waals surface area (Å²) in [6.45, 7) is 7.98. The van der Waals surface area contributed by atoms with Crippen molar-refractivity contribution in [3.8, 4) is 0 Å². The molecule has 1 aromatic rings. The standard InChI is InChI=1S/C20H31N/c1-4-9-21-20(19-12-17-11-18(17)13-19)16-8-7-14(5-2)15(6-3)10-16/h7-8,10,17-21H,4-6,9,11-13H2,1-3H3. The molecule has 1 N–H and O–H groups in total. The molecule has 0 saturated heterocycles. The van der Waals surface area contributed by atoms with Crippen molar-refractivity contribution < 1.29 is 0 Å². The molecule has 2 aliphatic rings. The van der Waals surface area contributed by atoms with Gasteiger partial charge in [0.2, 0.25) is 0 Å². The summed E-state index contributed by atoms with van der Waals surface area (Å²) in [5.74, 6) is 3.01. The Labute approximate surface area is 130 Å². The minimum absolute atomic E-state index is 0.592. The summed E-state index contributed by atoms with van der Waals surface area (Å²) in [5, 5.41) is 3.86. The van der Waals surface area contributed by atoms with E-state index in [1.54, 1.807) is 11.1 Å². The van der Waals surface area contributed by atoms with Crippen LogP contribution in [0, 0.1) is 17.8 Å². The fourth-order valence-corrected chi connectivity index (χ4v) is 4.40. The molecule has 2 fully saturated rings. The van der Waals surface area contributed by atoms with E-state index in [9.17, 15) is 0 Å². The number of fused-ring (bicyclic) bond motifs is 1. The molecule has 0 amide bonds. The lowest BCUT2D eigenvalue weighted by molar-refractivity contribution is 0.341. The van der Waals surface area contributed by atoms with Crippen LogP contribution < -0.4 is 5.32 Å². The van der Waals surface area contributed by atoms with Crippen LogP contribution in [0.1, 0.15) is 69.2 Å². The molecule has 0 aromatic heterocycles. The molecule has 2 aliphatic carbocycles. The van der Waals surface area contributed by atoms with Gasteiger partial charge in [-0.2, -0.15) is 0 Å². The third-order valence-corrected chi connectivity index (χ3v) is 5.72. The topological polar surface area (TPSA) is 12.0 Å². The summed E-state index contributed by atoms with van der Waals surface area (Å²) in [5.41, 5.74) is 4.63. The molecule has 0 spiro atoms. The summed E-state index contributed by atoms with van der Waals surface area (Å²) in [7, 11) is 0. The lowest BCUT2D eigenvalue weighted by atomic mass is 9.87. The van der Waals surface area contributed by atoms with Gasteiger partial charge in [-0.1, -0.05) is 39.0 Å². The van der Waals surface area contributed by atoms with Crippen LogP contribution in [0.2, 0.25) is 0 Å². The van der Waals surface area contributed by atoms with Crippen LogP contribution in [0.25, 0.3) is 0 Å². The van der Waals surface area contributed by atoms with Gasteiger partial charge in [0.15, 0.2) is 0 Å². The SMILES string of the molecule is CCCNC(c1ccc(CC)c(CC)c1)C1CC2CC2C1. The number of hydrogen-bond acceptors (Lipinski definition) is 1. The number of rotatable bonds is 7. The number of aryl methyl sites for hydroxylation is 2. The average Bonchev–Trinajstić information content (AvgIpc) is 3.13. The van der Waals surface area contributed by atoms with Gasteiger partial charge in [0.25, 0.3) is 0 Å². The van der Waals surface area contributed by atoms with Crippen LogP contribution in [-0.4, -0.2) is 6.54 Å². The van der Waals surface area contributed by atoms with E-state index in [2.05, 4.69) is 44.3 Å². The van der Waals surface area contributed by atoms with Crippen LogP contribution in [0.5, 0.6) is 0 Å². The Morgan fingerprint density at radius 1 is 1.00 bits per heavy atom. The van der Waals surface area contributed by atoms with Gasteiger partial charge in [0.05, 0.1) is 0 Å². The van der Waals surface area contributed by atoms with Crippen molar-refractivity contribution in [2.75, 3.05) is 6.54 Å². The van der Waals surface area contributed by atoms with Crippen molar-refractivity contribution in [2.24, 2.45) is 17.8 Å². The highest BCUT2D eigenvalue weighted by Crippen LogP contribution is 2.57. The third kappa shape index (κ3) is 3.18. The molecule has 0 radical (unpaired) electrons. The fourth-order valence-electron chi connectivity index (χ4n) is 4.40. The second-order valence-corrected chi connectivity index (χ2v) is 7.15. The largest absolute Gasteiger partial charge is 0.310 e. The van der Waals surface area contributed by atoms with Crippen molar-refractivity contribution >= 4 is 0 Å². The van der Waals surface area contributed by atoms with Crippen molar-refractivity contribution in [3.63, 3.8) is 0 Å². The summed E-state index contributed by atoms with van der Waals surface area (Å²) in [6.07, 6.45) is 7.99. The Kier molecular flexibility index (Phi) is 4.69. The first-order valence-electron chi connectivity index (χ1n) is 9.11. The smallest absolute Gasteiger partial charge is 0.0348 e. The molecule has 0 aliphatic heterocycles. The zero-order chi connectivity index (χ0) is 14.8. The number of nitrogens with one attached hydrogen (secondary N) is 1. The molecule has 1 heteroatoms. The van der Waals surface area contributed by atoms with Crippen LogP contribution in [-0.2, 0) is 12.8 Å². The third-order valence-electron chi connectivity index (χ3n) is 5.72. The monoisotopic (exact) mass is 285 g/mol. The Balaban J connectivity index is 1.81. The molecular weight excluding hydrogens is 254 g/mol. The summed E-state index contributed by atoms with van der Waals surface area (Å²) >= 11 is 0. The zero-order valence-corrected chi connectivity index (χ0v) is 14.0. The van der Waals surface area contributed by atoms with E-state index in [1.165, 1.54) is 31.2 Å². The van der Waals surface area contributed by atoms with E-state index in [1.807, 2.05) is 0 Å². The van der Waals surface area contributed by atoms with E-state index in [0.717, 1.165) is 37.1 Å². The quantitative estimate of drug-likeness (QED) is 0.751. The summed E-state index contributed by atoms with van der Waals surface area (Å²) in [6, 6.07) is 7.87. The second kappa shape index (κ2) is 6.52. The maximum Gasteiger partial charge on any atom is 0.0348 e. The van der Waals surface area contributed by atoms with E-state index in [0.29, 0.717) is 6.04 Å². The highest BCUT2D eigenvalue weighted by Gasteiger charge is 2.47. The lowest BCUT2D eigenvalue weighted by Gasteiger charge is -2.27. The van der Waals surface area contributed by atoms with Crippen molar-refractivity contribution in [1.82, 2.24) is 5.32 Å². The van der Waals surface area contributed by atoms with E-state index < -0.39 is 0 Å². The number of hydrogen-bond donors (Lipinski definition) is 1. The van der Waals surface area contributed by atoms with Gasteiger partial charge in [-0.05, 0) is 79.5 Å². The molecule has 2 saturated carbocycles. The van der Waals surface area contributed by atoms with Gasteiger partial charge in [-0.15, -0.1) is 0 Å². The second-order valence-electron chi connectivity index (χ2n) is 7.15. The Morgan fingerprint density at radius 2 is 1.71 bits per heavy atom. The summed E-state index contributed by atoms with van der Waals surface area (Å²) in [4.78, 5) is 0. The van der Waals surface area contributed by atoms with Gasteiger partial charge in [0, 0.05) is 6.04 Å². The first-order chi connectivity index (χ1) is 10.3. The normalized spacial score (nSPS) is 28.4. The van der Waals surface area contributed by atoms with E-state index in [-0.39, 0.29) is 0 Å². The maximum absolute atomic E-state index is 3.86. The molecule has 0 bridgehead atoms. The molecule has 1 aromatic carbocycles. The van der Waals surface area contributed by atoms with Crippen LogP contribution >= 0.6 is 0 Å². The van der Waals surface area contributed by atoms with Gasteiger partial charge in [-0.3, -0.25) is 0 Å². The highest BCUT2D eigenvalue weighted by atomic mass is 14.9. The zero-order valence-electron chi connectivity index (χ0n) is 14.0. The molecule has 3 rings (SSSR count). The van der Waals surface area contributed by atoms with Gasteiger partial charge in [-0.25, -0.2) is 0 Å². The van der Waals surface area contributed by atoms with Gasteiger partial charge >= 0.3 is 0 Å². The van der Waals surface area contributed by atoms with Crippen LogP contribution in [0.3, 0.4) is 0 Å². The molecular formula is C20H31N. The number of benzene rings is 1. The van der Waals surface area contributed by atoms with E-state index >= 15 is 0 Å².